The molecule has 0 saturated carbocycles. The van der Waals surface area contributed by atoms with Gasteiger partial charge >= 0.3 is 0 Å². The smallest absolute Gasteiger partial charge is 0.250 e. The van der Waals surface area contributed by atoms with Gasteiger partial charge in [-0.1, -0.05) is 18.2 Å². The first-order valence-electron chi connectivity index (χ1n) is 13.0. The van der Waals surface area contributed by atoms with Crippen molar-refractivity contribution >= 4 is 51.6 Å². The molecule has 3 aliphatic heterocycles. The van der Waals surface area contributed by atoms with Gasteiger partial charge in [-0.15, -0.1) is 0 Å². The van der Waals surface area contributed by atoms with Gasteiger partial charge in [-0.2, -0.15) is 0 Å². The Kier molecular flexibility index (Phi) is 5.20. The molecule has 0 aliphatic carbocycles. The summed E-state index contributed by atoms with van der Waals surface area (Å²) in [5.41, 5.74) is 1.82. The summed E-state index contributed by atoms with van der Waals surface area (Å²) in [5, 5.41) is 9.80. The van der Waals surface area contributed by atoms with E-state index in [4.69, 9.17) is 0 Å². The van der Waals surface area contributed by atoms with Crippen LogP contribution in [0.15, 0.2) is 72.9 Å². The molecule has 1 spiro atoms. The Bertz CT molecular complexity index is 1750. The van der Waals surface area contributed by atoms with Crippen LogP contribution in [-0.4, -0.2) is 34.7 Å². The molecule has 1 aromatic heterocycles. The van der Waals surface area contributed by atoms with Crippen LogP contribution in [0.5, 0.6) is 0 Å². The molecule has 2 saturated heterocycles. The fourth-order valence-electron chi connectivity index (χ4n) is 6.64. The summed E-state index contributed by atoms with van der Waals surface area (Å²) in [7, 11) is 0. The summed E-state index contributed by atoms with van der Waals surface area (Å²) >= 11 is 0. The molecule has 4 amide bonds. The van der Waals surface area contributed by atoms with Crippen molar-refractivity contribution in [2.24, 2.45) is 11.8 Å². The Morgan fingerprint density at radius 1 is 1.02 bits per heavy atom. The number of rotatable bonds is 4. The van der Waals surface area contributed by atoms with Gasteiger partial charge in [0.05, 0.1) is 17.5 Å². The highest BCUT2D eigenvalue weighted by molar-refractivity contribution is 6.26. The number of benzene rings is 3. The van der Waals surface area contributed by atoms with Crippen molar-refractivity contribution in [2.45, 2.75) is 24.9 Å². The Morgan fingerprint density at radius 2 is 1.80 bits per heavy atom. The predicted molar refractivity (Wildman–Crippen MR) is 146 cm³/mol. The van der Waals surface area contributed by atoms with Crippen molar-refractivity contribution in [2.75, 3.05) is 15.5 Å². The lowest BCUT2D eigenvalue weighted by atomic mass is 9.76. The molecule has 10 heteroatoms. The Balaban J connectivity index is 1.34. The largest absolute Gasteiger partial charge is 0.361 e. The summed E-state index contributed by atoms with van der Waals surface area (Å²) in [5.74, 6) is -4.23. The lowest BCUT2D eigenvalue weighted by molar-refractivity contribution is -0.130. The SMILES string of the molecule is CC(=O)Nc1ccc(N2C(=O)[C@H]3[C@@H](C2=O)[C@@]2(N[C@@H]3Cc3c[nH]c4ccccc34)C(=O)Nc3ccc(F)cc32)cc1. The van der Waals surface area contributed by atoms with Crippen LogP contribution >= 0.6 is 0 Å². The number of aromatic amines is 1. The Morgan fingerprint density at radius 3 is 2.58 bits per heavy atom. The number of nitrogens with zero attached hydrogens (tertiary/aromatic N) is 1. The first kappa shape index (κ1) is 24.2. The predicted octanol–water partition coefficient (Wildman–Crippen LogP) is 3.43. The molecule has 4 heterocycles. The lowest BCUT2D eigenvalue weighted by Crippen LogP contribution is -2.53. The maximum Gasteiger partial charge on any atom is 0.250 e. The van der Waals surface area contributed by atoms with E-state index in [0.717, 1.165) is 21.4 Å². The van der Waals surface area contributed by atoms with E-state index < -0.39 is 47.0 Å². The highest BCUT2D eigenvalue weighted by atomic mass is 19.1. The van der Waals surface area contributed by atoms with E-state index in [9.17, 15) is 23.6 Å². The van der Waals surface area contributed by atoms with Crippen molar-refractivity contribution < 1.29 is 23.6 Å². The molecule has 200 valence electrons. The molecule has 2 fully saturated rings. The molecule has 0 unspecified atom stereocenters. The maximum atomic E-state index is 14.5. The van der Waals surface area contributed by atoms with Crippen LogP contribution in [0.25, 0.3) is 10.9 Å². The minimum atomic E-state index is -1.61. The fourth-order valence-corrected chi connectivity index (χ4v) is 6.64. The van der Waals surface area contributed by atoms with Crippen molar-refractivity contribution in [3.63, 3.8) is 0 Å². The topological polar surface area (TPSA) is 123 Å². The Labute approximate surface area is 227 Å². The van der Waals surface area contributed by atoms with Gasteiger partial charge in [0.1, 0.15) is 11.4 Å². The van der Waals surface area contributed by atoms with Gasteiger partial charge in [-0.25, -0.2) is 9.29 Å². The number of fused-ring (bicyclic) bond motifs is 5. The highest BCUT2D eigenvalue weighted by Gasteiger charge is 2.70. The van der Waals surface area contributed by atoms with Gasteiger partial charge in [-0.05, 0) is 60.5 Å². The average Bonchev–Trinajstić information content (AvgIpc) is 3.64. The molecule has 4 N–H and O–H groups in total. The molecule has 4 aromatic rings. The molecule has 40 heavy (non-hydrogen) atoms. The number of H-pyrrole nitrogens is 1. The van der Waals surface area contributed by atoms with Crippen molar-refractivity contribution in [1.82, 2.24) is 10.3 Å². The van der Waals surface area contributed by atoms with Crippen LogP contribution in [0.2, 0.25) is 0 Å². The molecular weight excluding hydrogens is 513 g/mol. The number of hydrogen-bond donors (Lipinski definition) is 4. The monoisotopic (exact) mass is 537 g/mol. The molecule has 3 aliphatic rings. The van der Waals surface area contributed by atoms with Crippen molar-refractivity contribution in [3.8, 4) is 0 Å². The van der Waals surface area contributed by atoms with E-state index in [-0.39, 0.29) is 5.91 Å². The second-order valence-electron chi connectivity index (χ2n) is 10.5. The van der Waals surface area contributed by atoms with Gasteiger partial charge < -0.3 is 15.6 Å². The van der Waals surface area contributed by atoms with E-state index in [1.807, 2.05) is 30.5 Å². The van der Waals surface area contributed by atoms with Crippen molar-refractivity contribution in [1.29, 1.82) is 0 Å². The number of nitrogens with one attached hydrogen (secondary N) is 4. The number of imide groups is 1. The number of anilines is 3. The van der Waals surface area contributed by atoms with Gasteiger partial charge in [0, 0.05) is 47.0 Å². The quantitative estimate of drug-likeness (QED) is 0.297. The molecule has 9 nitrogen and oxygen atoms in total. The van der Waals surface area contributed by atoms with Crippen LogP contribution in [0.4, 0.5) is 21.5 Å². The van der Waals surface area contributed by atoms with E-state index in [0.29, 0.717) is 29.0 Å². The molecular formula is C30H24FN5O4. The zero-order chi connectivity index (χ0) is 27.8. The van der Waals surface area contributed by atoms with Crippen LogP contribution in [0.3, 0.4) is 0 Å². The molecule has 0 bridgehead atoms. The van der Waals surface area contributed by atoms with Gasteiger partial charge in [0.15, 0.2) is 0 Å². The number of halogens is 1. The molecule has 4 atom stereocenters. The lowest BCUT2D eigenvalue weighted by Gasteiger charge is -2.29. The standard InChI is InChI=1S/C30H24FN5O4/c1-15(37)33-18-7-9-19(10-8-18)36-27(38)25-24(12-16-14-32-22-5-3-2-4-20(16)22)35-30(26(25)28(36)39)21-13-17(31)6-11-23(21)34-29(30)40/h2-11,13-14,24-26,32,35H,12H2,1H3,(H,33,37)(H,34,40)/t24-,25-,26+,30-/m1/s1. The summed E-state index contributed by atoms with van der Waals surface area (Å²) < 4.78 is 14.5. The second-order valence-corrected chi connectivity index (χ2v) is 10.5. The number of aromatic nitrogens is 1. The van der Waals surface area contributed by atoms with Gasteiger partial charge in [0.25, 0.3) is 0 Å². The Hall–Kier alpha value is -4.83. The number of carbonyl (C=O) groups excluding carboxylic acids is 4. The van der Waals surface area contributed by atoms with Gasteiger partial charge in [-0.3, -0.25) is 24.5 Å². The van der Waals surface area contributed by atoms with Crippen LogP contribution in [-0.2, 0) is 31.1 Å². The van der Waals surface area contributed by atoms with E-state index in [1.54, 1.807) is 24.3 Å². The minimum Gasteiger partial charge on any atom is -0.361 e. The van der Waals surface area contributed by atoms with E-state index in [1.165, 1.54) is 25.1 Å². The fraction of sp³-hybridized carbons (Fsp3) is 0.200. The third-order valence-corrected chi connectivity index (χ3v) is 8.24. The third kappa shape index (κ3) is 3.35. The first-order chi connectivity index (χ1) is 19.3. The van der Waals surface area contributed by atoms with Crippen LogP contribution in [0.1, 0.15) is 18.1 Å². The normalized spacial score (nSPS) is 25.0. The molecule has 7 rings (SSSR count). The summed E-state index contributed by atoms with van der Waals surface area (Å²) in [4.78, 5) is 57.7. The minimum absolute atomic E-state index is 0.248. The number of carbonyl (C=O) groups is 4. The second kappa shape index (κ2) is 8.59. The van der Waals surface area contributed by atoms with E-state index >= 15 is 0 Å². The summed E-state index contributed by atoms with van der Waals surface area (Å²) in [6.45, 7) is 1.39. The zero-order valence-electron chi connectivity index (χ0n) is 21.3. The maximum absolute atomic E-state index is 14.5. The third-order valence-electron chi connectivity index (χ3n) is 8.24. The summed E-state index contributed by atoms with van der Waals surface area (Å²) in [6, 6.07) is 17.5. The number of amides is 4. The number of hydrogen-bond acceptors (Lipinski definition) is 5. The van der Waals surface area contributed by atoms with Gasteiger partial charge in [0.2, 0.25) is 23.6 Å². The van der Waals surface area contributed by atoms with Crippen LogP contribution in [0, 0.1) is 17.7 Å². The molecule has 3 aromatic carbocycles. The number of para-hydroxylation sites is 1. The first-order valence-corrected chi connectivity index (χ1v) is 13.0. The van der Waals surface area contributed by atoms with Crippen molar-refractivity contribution in [3.05, 3.63) is 89.9 Å². The van der Waals surface area contributed by atoms with E-state index in [2.05, 4.69) is 20.9 Å². The van der Waals surface area contributed by atoms with Crippen LogP contribution < -0.4 is 20.9 Å². The average molecular weight is 538 g/mol. The highest BCUT2D eigenvalue weighted by Crippen LogP contribution is 2.54. The molecule has 0 radical (unpaired) electrons. The summed E-state index contributed by atoms with van der Waals surface area (Å²) in [6.07, 6.45) is 2.23. The zero-order valence-corrected chi connectivity index (χ0v) is 21.3.